The minimum Gasteiger partial charge on any atom is -0.331 e. The Morgan fingerprint density at radius 2 is 1.59 bits per heavy atom. The Hall–Kier alpha value is -2.62. The van der Waals surface area contributed by atoms with E-state index in [0.29, 0.717) is 12.5 Å². The van der Waals surface area contributed by atoms with Crippen molar-refractivity contribution in [2.24, 2.45) is 23.2 Å². The first kappa shape index (κ1) is 21.2. The third-order valence-corrected chi connectivity index (χ3v) is 8.11. The molecular weight excluding hydrogens is 396 g/mol. The number of nitrogens with one attached hydrogen (secondary N) is 1. The average molecular weight is 431 g/mol. The SMILES string of the molecule is CC(=O)Nc1cccc(C(C)N(Cc2ccccc2)C(=O)C23CC4CC(CC(C4)C2)C3)c1. The van der Waals surface area contributed by atoms with Crippen LogP contribution in [0.25, 0.3) is 0 Å². The number of anilines is 1. The van der Waals surface area contributed by atoms with Gasteiger partial charge in [0.05, 0.1) is 11.5 Å². The second kappa shape index (κ2) is 8.38. The highest BCUT2D eigenvalue weighted by Crippen LogP contribution is 2.61. The van der Waals surface area contributed by atoms with Crippen molar-refractivity contribution in [2.75, 3.05) is 5.32 Å². The van der Waals surface area contributed by atoms with Gasteiger partial charge in [0.15, 0.2) is 0 Å². The Labute approximate surface area is 191 Å². The van der Waals surface area contributed by atoms with E-state index in [-0.39, 0.29) is 17.4 Å². The topological polar surface area (TPSA) is 49.4 Å². The first-order valence-corrected chi connectivity index (χ1v) is 12.1. The number of carbonyl (C=O) groups excluding carboxylic acids is 2. The summed E-state index contributed by atoms with van der Waals surface area (Å²) in [5.41, 5.74) is 2.83. The number of carbonyl (C=O) groups is 2. The summed E-state index contributed by atoms with van der Waals surface area (Å²) in [4.78, 5) is 28.0. The van der Waals surface area contributed by atoms with Crippen LogP contribution in [0.3, 0.4) is 0 Å². The van der Waals surface area contributed by atoms with Gasteiger partial charge in [0.1, 0.15) is 0 Å². The van der Waals surface area contributed by atoms with Crippen LogP contribution in [0.5, 0.6) is 0 Å². The summed E-state index contributed by atoms with van der Waals surface area (Å²) in [6.07, 6.45) is 7.21. The lowest BCUT2D eigenvalue weighted by Gasteiger charge is -2.57. The Morgan fingerprint density at radius 3 is 2.19 bits per heavy atom. The van der Waals surface area contributed by atoms with E-state index in [1.807, 2.05) is 36.4 Å². The molecule has 1 N–H and O–H groups in total. The minimum atomic E-state index is -0.174. The van der Waals surface area contributed by atoms with E-state index >= 15 is 0 Å². The van der Waals surface area contributed by atoms with Crippen LogP contribution in [-0.2, 0) is 16.1 Å². The van der Waals surface area contributed by atoms with E-state index in [1.165, 1.54) is 26.2 Å². The maximum Gasteiger partial charge on any atom is 0.229 e. The zero-order chi connectivity index (χ0) is 22.3. The van der Waals surface area contributed by atoms with E-state index in [1.54, 1.807) is 0 Å². The molecule has 4 aliphatic rings. The lowest BCUT2D eigenvalue weighted by Crippen LogP contribution is -2.54. The largest absolute Gasteiger partial charge is 0.331 e. The predicted molar refractivity (Wildman–Crippen MR) is 127 cm³/mol. The molecule has 0 spiro atoms. The molecule has 4 aliphatic carbocycles. The van der Waals surface area contributed by atoms with Crippen molar-refractivity contribution in [3.8, 4) is 0 Å². The summed E-state index contributed by atoms with van der Waals surface area (Å²) in [5.74, 6) is 2.48. The van der Waals surface area contributed by atoms with Gasteiger partial charge in [-0.1, -0.05) is 42.5 Å². The van der Waals surface area contributed by atoms with Gasteiger partial charge in [0.25, 0.3) is 0 Å². The molecule has 0 aromatic heterocycles. The molecule has 1 atom stereocenters. The molecule has 4 nitrogen and oxygen atoms in total. The highest BCUT2D eigenvalue weighted by molar-refractivity contribution is 5.88. The number of hydrogen-bond acceptors (Lipinski definition) is 2. The number of amides is 2. The number of nitrogens with zero attached hydrogens (tertiary/aromatic N) is 1. The van der Waals surface area contributed by atoms with Crippen LogP contribution >= 0.6 is 0 Å². The van der Waals surface area contributed by atoms with Gasteiger partial charge in [-0.05, 0) is 86.5 Å². The molecule has 6 rings (SSSR count). The molecule has 2 aromatic rings. The van der Waals surface area contributed by atoms with Crippen molar-refractivity contribution < 1.29 is 9.59 Å². The fraction of sp³-hybridized carbons (Fsp3) is 0.500. The smallest absolute Gasteiger partial charge is 0.229 e. The van der Waals surface area contributed by atoms with Crippen LogP contribution in [0.1, 0.15) is 69.5 Å². The monoisotopic (exact) mass is 430 g/mol. The molecule has 4 bridgehead atoms. The average Bonchev–Trinajstić information content (AvgIpc) is 2.76. The number of rotatable bonds is 6. The van der Waals surface area contributed by atoms with Crippen molar-refractivity contribution >= 4 is 17.5 Å². The normalized spacial score (nSPS) is 28.9. The molecule has 0 aliphatic heterocycles. The highest BCUT2D eigenvalue weighted by Gasteiger charge is 2.56. The molecule has 2 amide bonds. The van der Waals surface area contributed by atoms with E-state index in [9.17, 15) is 9.59 Å². The lowest BCUT2D eigenvalue weighted by atomic mass is 9.49. The standard InChI is InChI=1S/C28H34N2O2/c1-19(25-9-6-10-26(14-25)29-20(2)31)30(18-21-7-4-3-5-8-21)27(32)28-15-22-11-23(16-28)13-24(12-22)17-28/h3-10,14,19,22-24H,11-13,15-18H2,1-2H3,(H,29,31). The molecule has 0 saturated heterocycles. The van der Waals surface area contributed by atoms with E-state index in [0.717, 1.165) is 53.8 Å². The summed E-state index contributed by atoms with van der Waals surface area (Å²) >= 11 is 0. The van der Waals surface area contributed by atoms with Crippen LogP contribution in [-0.4, -0.2) is 16.7 Å². The fourth-order valence-corrected chi connectivity index (χ4v) is 7.10. The fourth-order valence-electron chi connectivity index (χ4n) is 7.10. The molecule has 2 aromatic carbocycles. The van der Waals surface area contributed by atoms with Crippen molar-refractivity contribution in [2.45, 2.75) is 65.0 Å². The molecule has 4 fully saturated rings. The molecule has 168 valence electrons. The Balaban J connectivity index is 1.47. The van der Waals surface area contributed by atoms with Crippen LogP contribution in [0.4, 0.5) is 5.69 Å². The van der Waals surface area contributed by atoms with Gasteiger partial charge in [-0.2, -0.15) is 0 Å². The minimum absolute atomic E-state index is 0.0654. The molecule has 1 unspecified atom stereocenters. The Bertz CT molecular complexity index is 964. The lowest BCUT2D eigenvalue weighted by molar-refractivity contribution is -0.160. The molecular formula is C28H34N2O2. The maximum atomic E-state index is 14.3. The number of benzene rings is 2. The van der Waals surface area contributed by atoms with Gasteiger partial charge in [-0.3, -0.25) is 9.59 Å². The summed E-state index contributed by atoms with van der Waals surface area (Å²) in [5, 5.41) is 2.88. The van der Waals surface area contributed by atoms with E-state index < -0.39 is 0 Å². The zero-order valence-electron chi connectivity index (χ0n) is 19.2. The first-order valence-electron chi connectivity index (χ1n) is 12.1. The van der Waals surface area contributed by atoms with E-state index in [4.69, 9.17) is 0 Å². The third kappa shape index (κ3) is 4.07. The van der Waals surface area contributed by atoms with Crippen molar-refractivity contribution in [3.63, 3.8) is 0 Å². The summed E-state index contributed by atoms with van der Waals surface area (Å²) in [6.45, 7) is 4.27. The van der Waals surface area contributed by atoms with Crippen molar-refractivity contribution in [1.82, 2.24) is 4.90 Å². The van der Waals surface area contributed by atoms with Crippen LogP contribution in [0.15, 0.2) is 54.6 Å². The highest BCUT2D eigenvalue weighted by atomic mass is 16.2. The Morgan fingerprint density at radius 1 is 0.969 bits per heavy atom. The van der Waals surface area contributed by atoms with Crippen LogP contribution in [0.2, 0.25) is 0 Å². The van der Waals surface area contributed by atoms with Gasteiger partial charge in [0, 0.05) is 19.2 Å². The van der Waals surface area contributed by atoms with Gasteiger partial charge in [0.2, 0.25) is 11.8 Å². The van der Waals surface area contributed by atoms with E-state index in [2.05, 4.69) is 35.3 Å². The van der Waals surface area contributed by atoms with Gasteiger partial charge >= 0.3 is 0 Å². The quantitative estimate of drug-likeness (QED) is 0.615. The van der Waals surface area contributed by atoms with Gasteiger partial charge in [-0.15, -0.1) is 0 Å². The third-order valence-electron chi connectivity index (χ3n) is 8.11. The second-order valence-corrected chi connectivity index (χ2v) is 10.6. The molecule has 0 radical (unpaired) electrons. The van der Waals surface area contributed by atoms with Gasteiger partial charge < -0.3 is 10.2 Å². The summed E-state index contributed by atoms with van der Waals surface area (Å²) in [7, 11) is 0. The zero-order valence-corrected chi connectivity index (χ0v) is 19.2. The van der Waals surface area contributed by atoms with Crippen molar-refractivity contribution in [1.29, 1.82) is 0 Å². The van der Waals surface area contributed by atoms with Crippen LogP contribution in [0, 0.1) is 23.2 Å². The maximum absolute atomic E-state index is 14.3. The van der Waals surface area contributed by atoms with Gasteiger partial charge in [-0.25, -0.2) is 0 Å². The summed E-state index contributed by atoms with van der Waals surface area (Å²) < 4.78 is 0. The molecule has 32 heavy (non-hydrogen) atoms. The first-order chi connectivity index (χ1) is 15.4. The second-order valence-electron chi connectivity index (χ2n) is 10.6. The number of hydrogen-bond donors (Lipinski definition) is 1. The summed E-state index contributed by atoms with van der Waals surface area (Å²) in [6, 6.07) is 18.2. The van der Waals surface area contributed by atoms with Crippen molar-refractivity contribution in [3.05, 3.63) is 65.7 Å². The predicted octanol–water partition coefficient (Wildman–Crippen LogP) is 5.95. The Kier molecular flexibility index (Phi) is 5.56. The molecule has 0 heterocycles. The van der Waals surface area contributed by atoms with Crippen LogP contribution < -0.4 is 5.32 Å². The molecule has 4 heteroatoms. The molecule has 4 saturated carbocycles.